The predicted octanol–water partition coefficient (Wildman–Crippen LogP) is 2.90. The van der Waals surface area contributed by atoms with Gasteiger partial charge in [0, 0.05) is 5.69 Å². The van der Waals surface area contributed by atoms with Crippen LogP contribution in [0.1, 0.15) is 23.1 Å². The molecule has 2 N–H and O–H groups in total. The molecule has 0 aliphatic carbocycles. The van der Waals surface area contributed by atoms with E-state index in [1.807, 2.05) is 32.9 Å². The maximum atomic E-state index is 12.1. The summed E-state index contributed by atoms with van der Waals surface area (Å²) in [5.41, 5.74) is 3.32. The van der Waals surface area contributed by atoms with Crippen molar-refractivity contribution in [3.63, 3.8) is 0 Å². The van der Waals surface area contributed by atoms with Crippen molar-refractivity contribution in [2.24, 2.45) is 0 Å². The highest BCUT2D eigenvalue weighted by molar-refractivity contribution is 7.15. The Morgan fingerprint density at radius 1 is 1.25 bits per heavy atom. The van der Waals surface area contributed by atoms with E-state index >= 15 is 0 Å². The Labute approximate surface area is 122 Å². The largest absolute Gasteiger partial charge is 0.374 e. The van der Waals surface area contributed by atoms with E-state index in [-0.39, 0.29) is 11.9 Å². The van der Waals surface area contributed by atoms with Crippen molar-refractivity contribution in [3.05, 3.63) is 34.3 Å². The molecule has 1 heterocycles. The van der Waals surface area contributed by atoms with Crippen LogP contribution in [0.4, 0.5) is 10.8 Å². The lowest BCUT2D eigenvalue weighted by Crippen LogP contribution is -2.32. The highest BCUT2D eigenvalue weighted by Crippen LogP contribution is 2.19. The van der Waals surface area contributed by atoms with Gasteiger partial charge in [0.2, 0.25) is 11.0 Å². The molecule has 106 valence electrons. The van der Waals surface area contributed by atoms with Gasteiger partial charge in [-0.15, -0.1) is 10.2 Å². The molecule has 1 aromatic heterocycles. The number of hydrogen-bond donors (Lipinski definition) is 2. The topological polar surface area (TPSA) is 66.9 Å². The average Bonchev–Trinajstić information content (AvgIpc) is 2.80. The Hall–Kier alpha value is -1.95. The standard InChI is InChI=1S/C14H18N4OS/c1-8-6-5-7-12(9(8)2)15-10(3)13(19)16-14-18-17-11(4)20-14/h5-7,10,15H,1-4H3,(H,16,18,19)/t10-/m0/s1. The van der Waals surface area contributed by atoms with Gasteiger partial charge in [-0.25, -0.2) is 0 Å². The normalized spacial score (nSPS) is 12.0. The van der Waals surface area contributed by atoms with Crippen molar-refractivity contribution in [2.45, 2.75) is 33.7 Å². The van der Waals surface area contributed by atoms with Crippen LogP contribution in [0.25, 0.3) is 0 Å². The molecule has 2 aromatic rings. The Kier molecular flexibility index (Phi) is 4.34. The number of hydrogen-bond acceptors (Lipinski definition) is 5. The molecule has 0 bridgehead atoms. The van der Waals surface area contributed by atoms with Crippen LogP contribution in [0.5, 0.6) is 0 Å². The van der Waals surface area contributed by atoms with Gasteiger partial charge < -0.3 is 5.32 Å². The molecule has 0 saturated carbocycles. The molecule has 1 atom stereocenters. The molecule has 0 spiro atoms. The van der Waals surface area contributed by atoms with Crippen molar-refractivity contribution in [3.8, 4) is 0 Å². The molecule has 0 unspecified atom stereocenters. The van der Waals surface area contributed by atoms with Gasteiger partial charge in [0.15, 0.2) is 0 Å². The zero-order valence-electron chi connectivity index (χ0n) is 12.0. The SMILES string of the molecule is Cc1nnc(NC(=O)[C@H](C)Nc2cccc(C)c2C)s1. The van der Waals surface area contributed by atoms with Crippen LogP contribution in [0, 0.1) is 20.8 Å². The Morgan fingerprint density at radius 2 is 2.00 bits per heavy atom. The van der Waals surface area contributed by atoms with Crippen LogP contribution in [0.3, 0.4) is 0 Å². The van der Waals surface area contributed by atoms with E-state index in [0.717, 1.165) is 16.3 Å². The van der Waals surface area contributed by atoms with Crippen molar-refractivity contribution >= 4 is 28.1 Å². The van der Waals surface area contributed by atoms with Gasteiger partial charge in [-0.05, 0) is 44.9 Å². The zero-order chi connectivity index (χ0) is 14.7. The zero-order valence-corrected chi connectivity index (χ0v) is 12.8. The smallest absolute Gasteiger partial charge is 0.248 e. The maximum Gasteiger partial charge on any atom is 0.248 e. The number of carbonyl (C=O) groups excluding carboxylic acids is 1. The Bertz CT molecular complexity index is 623. The summed E-state index contributed by atoms with van der Waals surface area (Å²) in [4.78, 5) is 12.1. The third kappa shape index (κ3) is 3.33. The van der Waals surface area contributed by atoms with E-state index < -0.39 is 0 Å². The molecule has 0 aliphatic rings. The molecule has 1 amide bonds. The van der Waals surface area contributed by atoms with E-state index in [0.29, 0.717) is 5.13 Å². The number of amides is 1. The summed E-state index contributed by atoms with van der Waals surface area (Å²) in [7, 11) is 0. The third-order valence-corrected chi connectivity index (χ3v) is 3.88. The summed E-state index contributed by atoms with van der Waals surface area (Å²) in [6.07, 6.45) is 0. The number of nitrogens with one attached hydrogen (secondary N) is 2. The first-order valence-electron chi connectivity index (χ1n) is 6.41. The lowest BCUT2D eigenvalue weighted by atomic mass is 10.1. The fourth-order valence-corrected chi connectivity index (χ4v) is 2.36. The van der Waals surface area contributed by atoms with Gasteiger partial charge in [-0.2, -0.15) is 0 Å². The molecule has 5 nitrogen and oxygen atoms in total. The van der Waals surface area contributed by atoms with Gasteiger partial charge in [0.05, 0.1) is 0 Å². The second-order valence-corrected chi connectivity index (χ2v) is 5.91. The summed E-state index contributed by atoms with van der Waals surface area (Å²) in [6.45, 7) is 7.77. The number of anilines is 2. The van der Waals surface area contributed by atoms with E-state index in [2.05, 4.69) is 33.8 Å². The van der Waals surface area contributed by atoms with Gasteiger partial charge in [0.1, 0.15) is 11.0 Å². The quantitative estimate of drug-likeness (QED) is 0.908. The van der Waals surface area contributed by atoms with E-state index in [1.165, 1.54) is 16.9 Å². The van der Waals surface area contributed by atoms with Crippen LogP contribution >= 0.6 is 11.3 Å². The molecule has 6 heteroatoms. The average molecular weight is 290 g/mol. The Morgan fingerprint density at radius 3 is 2.65 bits per heavy atom. The van der Waals surface area contributed by atoms with E-state index in [9.17, 15) is 4.79 Å². The number of nitrogens with zero attached hydrogens (tertiary/aromatic N) is 2. The van der Waals surface area contributed by atoms with Gasteiger partial charge >= 0.3 is 0 Å². The summed E-state index contributed by atoms with van der Waals surface area (Å²) in [5, 5.41) is 15.1. The van der Waals surface area contributed by atoms with Crippen molar-refractivity contribution < 1.29 is 4.79 Å². The molecule has 0 radical (unpaired) electrons. The van der Waals surface area contributed by atoms with Crippen molar-refractivity contribution in [2.75, 3.05) is 10.6 Å². The predicted molar refractivity (Wildman–Crippen MR) is 82.3 cm³/mol. The van der Waals surface area contributed by atoms with E-state index in [4.69, 9.17) is 0 Å². The first kappa shape index (κ1) is 14.5. The van der Waals surface area contributed by atoms with Crippen LogP contribution < -0.4 is 10.6 Å². The van der Waals surface area contributed by atoms with Crippen LogP contribution in [0.2, 0.25) is 0 Å². The number of aryl methyl sites for hydroxylation is 2. The van der Waals surface area contributed by atoms with Crippen LogP contribution in [-0.4, -0.2) is 22.1 Å². The number of aromatic nitrogens is 2. The molecule has 0 fully saturated rings. The second kappa shape index (κ2) is 6.00. The minimum absolute atomic E-state index is 0.123. The highest BCUT2D eigenvalue weighted by Gasteiger charge is 2.15. The molecule has 0 saturated heterocycles. The number of rotatable bonds is 4. The molecule has 1 aromatic carbocycles. The van der Waals surface area contributed by atoms with Gasteiger partial charge in [-0.3, -0.25) is 10.1 Å². The first-order chi connectivity index (χ1) is 9.47. The van der Waals surface area contributed by atoms with Crippen LogP contribution in [-0.2, 0) is 4.79 Å². The highest BCUT2D eigenvalue weighted by atomic mass is 32.1. The Balaban J connectivity index is 2.02. The molecular formula is C14H18N4OS. The summed E-state index contributed by atoms with van der Waals surface area (Å²) in [5.74, 6) is -0.123. The van der Waals surface area contributed by atoms with Crippen molar-refractivity contribution in [1.82, 2.24) is 10.2 Å². The van der Waals surface area contributed by atoms with Crippen LogP contribution in [0.15, 0.2) is 18.2 Å². The van der Waals surface area contributed by atoms with Gasteiger partial charge in [-0.1, -0.05) is 23.5 Å². The van der Waals surface area contributed by atoms with Crippen molar-refractivity contribution in [1.29, 1.82) is 0 Å². The fraction of sp³-hybridized carbons (Fsp3) is 0.357. The summed E-state index contributed by atoms with van der Waals surface area (Å²) < 4.78 is 0. The summed E-state index contributed by atoms with van der Waals surface area (Å²) >= 11 is 1.36. The maximum absolute atomic E-state index is 12.1. The molecule has 20 heavy (non-hydrogen) atoms. The third-order valence-electron chi connectivity index (χ3n) is 3.13. The monoisotopic (exact) mass is 290 g/mol. The van der Waals surface area contributed by atoms with Gasteiger partial charge in [0.25, 0.3) is 0 Å². The minimum atomic E-state index is -0.347. The number of benzene rings is 1. The number of carbonyl (C=O) groups is 1. The van der Waals surface area contributed by atoms with E-state index in [1.54, 1.807) is 0 Å². The second-order valence-electron chi connectivity index (χ2n) is 4.73. The summed E-state index contributed by atoms with van der Waals surface area (Å²) in [6, 6.07) is 5.65. The lowest BCUT2D eigenvalue weighted by Gasteiger charge is -2.16. The molecule has 0 aliphatic heterocycles. The fourth-order valence-electron chi connectivity index (χ4n) is 1.77. The minimum Gasteiger partial charge on any atom is -0.374 e. The first-order valence-corrected chi connectivity index (χ1v) is 7.22. The lowest BCUT2D eigenvalue weighted by molar-refractivity contribution is -0.116. The molecular weight excluding hydrogens is 272 g/mol. The molecule has 2 rings (SSSR count).